The Morgan fingerprint density at radius 1 is 1.43 bits per heavy atom. The number of carbonyl (C=O) groups is 2. The molecule has 0 radical (unpaired) electrons. The Balaban J connectivity index is 2.13. The average Bonchev–Trinajstić information content (AvgIpc) is 2.54. The number of ether oxygens (including phenoxy) is 1. The second kappa shape index (κ2) is 7.21. The van der Waals surface area contributed by atoms with Crippen molar-refractivity contribution in [2.75, 3.05) is 20.7 Å². The van der Waals surface area contributed by atoms with Crippen LogP contribution in [0.3, 0.4) is 0 Å². The van der Waals surface area contributed by atoms with Gasteiger partial charge in [-0.2, -0.15) is 5.10 Å². The van der Waals surface area contributed by atoms with Crippen molar-refractivity contribution in [1.29, 1.82) is 0 Å². The van der Waals surface area contributed by atoms with E-state index in [0.29, 0.717) is 24.2 Å². The minimum absolute atomic E-state index is 0.109. The van der Waals surface area contributed by atoms with Gasteiger partial charge in [0.25, 0.3) is 5.91 Å². The molecule has 0 unspecified atom stereocenters. The van der Waals surface area contributed by atoms with Crippen molar-refractivity contribution in [2.45, 2.75) is 26.3 Å². The van der Waals surface area contributed by atoms with Gasteiger partial charge in [0.05, 0.1) is 7.11 Å². The summed E-state index contributed by atoms with van der Waals surface area (Å²) in [6.45, 7) is 2.58. The van der Waals surface area contributed by atoms with E-state index < -0.39 is 5.82 Å². The minimum atomic E-state index is -0.464. The first-order valence-electron chi connectivity index (χ1n) is 7.42. The molecule has 0 saturated heterocycles. The SMILES string of the molecule is CCN(Cc1ccc(OC)c(F)c1)C(=O)C1=NN(C)C(=O)CC1. The fourth-order valence-electron chi connectivity index (χ4n) is 2.36. The van der Waals surface area contributed by atoms with Crippen molar-refractivity contribution in [3.8, 4) is 5.75 Å². The molecule has 0 aliphatic carbocycles. The third-order valence-electron chi connectivity index (χ3n) is 3.71. The molecule has 1 aromatic rings. The van der Waals surface area contributed by atoms with E-state index in [0.717, 1.165) is 0 Å². The van der Waals surface area contributed by atoms with Gasteiger partial charge >= 0.3 is 0 Å². The number of carbonyl (C=O) groups excluding carboxylic acids is 2. The quantitative estimate of drug-likeness (QED) is 0.830. The lowest BCUT2D eigenvalue weighted by Crippen LogP contribution is -2.40. The highest BCUT2D eigenvalue weighted by molar-refractivity contribution is 6.39. The molecule has 0 atom stereocenters. The normalized spacial score (nSPS) is 14.5. The monoisotopic (exact) mass is 321 g/mol. The molecule has 6 nitrogen and oxygen atoms in total. The van der Waals surface area contributed by atoms with Gasteiger partial charge in [-0.1, -0.05) is 6.07 Å². The van der Waals surface area contributed by atoms with Gasteiger partial charge in [-0.15, -0.1) is 0 Å². The summed E-state index contributed by atoms with van der Waals surface area (Å²) in [5, 5.41) is 5.23. The summed E-state index contributed by atoms with van der Waals surface area (Å²) in [4.78, 5) is 25.5. The molecule has 1 heterocycles. The van der Waals surface area contributed by atoms with E-state index in [9.17, 15) is 14.0 Å². The molecule has 1 aliphatic rings. The Morgan fingerprint density at radius 2 is 2.17 bits per heavy atom. The lowest BCUT2D eigenvalue weighted by atomic mass is 10.1. The fraction of sp³-hybridized carbons (Fsp3) is 0.438. The van der Waals surface area contributed by atoms with Gasteiger partial charge in [-0.25, -0.2) is 9.40 Å². The number of benzene rings is 1. The van der Waals surface area contributed by atoms with Crippen LogP contribution in [0.5, 0.6) is 5.75 Å². The number of hydrogen-bond donors (Lipinski definition) is 0. The Morgan fingerprint density at radius 3 is 2.74 bits per heavy atom. The number of hydrogen-bond acceptors (Lipinski definition) is 4. The van der Waals surface area contributed by atoms with E-state index >= 15 is 0 Å². The van der Waals surface area contributed by atoms with Crippen LogP contribution in [0.4, 0.5) is 4.39 Å². The topological polar surface area (TPSA) is 62.2 Å². The summed E-state index contributed by atoms with van der Waals surface area (Å²) in [5.41, 5.74) is 1.02. The van der Waals surface area contributed by atoms with Gasteiger partial charge in [0.2, 0.25) is 5.91 Å². The van der Waals surface area contributed by atoms with Crippen molar-refractivity contribution in [1.82, 2.24) is 9.91 Å². The summed E-state index contributed by atoms with van der Waals surface area (Å²) in [7, 11) is 2.93. The van der Waals surface area contributed by atoms with E-state index in [4.69, 9.17) is 4.74 Å². The third-order valence-corrected chi connectivity index (χ3v) is 3.71. The number of halogens is 1. The molecule has 2 amide bonds. The third kappa shape index (κ3) is 3.85. The van der Waals surface area contributed by atoms with E-state index in [2.05, 4.69) is 5.10 Å². The maximum atomic E-state index is 13.8. The fourth-order valence-corrected chi connectivity index (χ4v) is 2.36. The first-order chi connectivity index (χ1) is 11.0. The predicted molar refractivity (Wildman–Crippen MR) is 83.5 cm³/mol. The van der Waals surface area contributed by atoms with Crippen molar-refractivity contribution in [2.24, 2.45) is 5.10 Å². The highest BCUT2D eigenvalue weighted by Crippen LogP contribution is 2.19. The van der Waals surface area contributed by atoms with Crippen LogP contribution < -0.4 is 4.74 Å². The van der Waals surface area contributed by atoms with Crippen LogP contribution in [-0.4, -0.2) is 48.1 Å². The summed E-state index contributed by atoms with van der Waals surface area (Å²) in [6.07, 6.45) is 0.602. The molecule has 0 fully saturated rings. The average molecular weight is 321 g/mol. The number of amides is 2. The molecular formula is C16H20FN3O3. The van der Waals surface area contributed by atoms with Crippen LogP contribution in [0, 0.1) is 5.82 Å². The first-order valence-corrected chi connectivity index (χ1v) is 7.42. The van der Waals surface area contributed by atoms with E-state index in [1.165, 1.54) is 31.3 Å². The lowest BCUT2D eigenvalue weighted by molar-refractivity contribution is -0.130. The van der Waals surface area contributed by atoms with Crippen LogP contribution in [0.2, 0.25) is 0 Å². The van der Waals surface area contributed by atoms with Gasteiger partial charge in [0, 0.05) is 33.0 Å². The Labute approximate surface area is 134 Å². The van der Waals surface area contributed by atoms with Crippen LogP contribution in [0.25, 0.3) is 0 Å². The predicted octanol–water partition coefficient (Wildman–Crippen LogP) is 1.79. The molecule has 23 heavy (non-hydrogen) atoms. The zero-order valence-electron chi connectivity index (χ0n) is 13.5. The summed E-state index contributed by atoms with van der Waals surface area (Å²) in [6, 6.07) is 4.61. The van der Waals surface area contributed by atoms with Gasteiger partial charge < -0.3 is 9.64 Å². The standard InChI is InChI=1S/C16H20FN3O3/c1-4-20(10-11-5-7-14(23-3)12(17)9-11)16(22)13-6-8-15(21)19(2)18-13/h5,7,9H,4,6,8,10H2,1-3H3. The van der Waals surface area contributed by atoms with Crippen LogP contribution in [-0.2, 0) is 16.1 Å². The molecule has 0 saturated carbocycles. The van der Waals surface area contributed by atoms with Gasteiger partial charge in [-0.3, -0.25) is 9.59 Å². The summed E-state index contributed by atoms with van der Waals surface area (Å²) in [5.74, 6) is -0.640. The van der Waals surface area contributed by atoms with Crippen LogP contribution >= 0.6 is 0 Å². The lowest BCUT2D eigenvalue weighted by Gasteiger charge is -2.25. The van der Waals surface area contributed by atoms with Gasteiger partial charge in [0.15, 0.2) is 11.6 Å². The Kier molecular flexibility index (Phi) is 5.31. The van der Waals surface area contributed by atoms with Crippen LogP contribution in [0.1, 0.15) is 25.3 Å². The number of rotatable bonds is 5. The number of nitrogens with zero attached hydrogens (tertiary/aromatic N) is 3. The highest BCUT2D eigenvalue weighted by Gasteiger charge is 2.25. The zero-order valence-corrected chi connectivity index (χ0v) is 13.5. The maximum Gasteiger partial charge on any atom is 0.270 e. The van der Waals surface area contributed by atoms with Crippen molar-refractivity contribution < 1.29 is 18.7 Å². The number of methoxy groups -OCH3 is 1. The second-order valence-electron chi connectivity index (χ2n) is 5.25. The molecule has 1 aliphatic heterocycles. The molecule has 124 valence electrons. The molecule has 0 spiro atoms. The van der Waals surface area contributed by atoms with Gasteiger partial charge in [-0.05, 0) is 24.6 Å². The second-order valence-corrected chi connectivity index (χ2v) is 5.25. The van der Waals surface area contributed by atoms with Crippen molar-refractivity contribution in [3.63, 3.8) is 0 Å². The van der Waals surface area contributed by atoms with E-state index in [1.807, 2.05) is 6.92 Å². The molecular weight excluding hydrogens is 301 g/mol. The van der Waals surface area contributed by atoms with E-state index in [1.54, 1.807) is 11.0 Å². The minimum Gasteiger partial charge on any atom is -0.494 e. The zero-order chi connectivity index (χ0) is 17.0. The molecule has 0 bridgehead atoms. The largest absolute Gasteiger partial charge is 0.494 e. The van der Waals surface area contributed by atoms with Gasteiger partial charge in [0.1, 0.15) is 5.71 Å². The van der Waals surface area contributed by atoms with E-state index in [-0.39, 0.29) is 30.5 Å². The number of hydrazone groups is 1. The summed E-state index contributed by atoms with van der Waals surface area (Å²) < 4.78 is 18.6. The molecule has 0 N–H and O–H groups in total. The first kappa shape index (κ1) is 16.9. The smallest absolute Gasteiger partial charge is 0.270 e. The summed E-state index contributed by atoms with van der Waals surface area (Å²) >= 11 is 0. The van der Waals surface area contributed by atoms with Crippen molar-refractivity contribution >= 4 is 17.5 Å². The Bertz CT molecular complexity index is 645. The van der Waals surface area contributed by atoms with Crippen LogP contribution in [0.15, 0.2) is 23.3 Å². The molecule has 1 aromatic carbocycles. The maximum absolute atomic E-state index is 13.8. The molecule has 7 heteroatoms. The Hall–Kier alpha value is -2.44. The molecule has 2 rings (SSSR count). The molecule has 0 aromatic heterocycles. The highest BCUT2D eigenvalue weighted by atomic mass is 19.1. The van der Waals surface area contributed by atoms with Crippen molar-refractivity contribution in [3.05, 3.63) is 29.6 Å².